The summed E-state index contributed by atoms with van der Waals surface area (Å²) in [6.07, 6.45) is 2.99. The van der Waals surface area contributed by atoms with Crippen LogP contribution in [0.2, 0.25) is 0 Å². The van der Waals surface area contributed by atoms with Crippen LogP contribution in [-0.4, -0.2) is 56.4 Å². The molecule has 0 atom stereocenters. The lowest BCUT2D eigenvalue weighted by molar-refractivity contribution is -0.139. The molecule has 2 rings (SSSR count). The lowest BCUT2D eigenvalue weighted by atomic mass is 10.1. The van der Waals surface area contributed by atoms with Crippen LogP contribution < -0.4 is 25.5 Å². The third kappa shape index (κ3) is 10.9. The predicted octanol–water partition coefficient (Wildman–Crippen LogP) is 3.81. The summed E-state index contributed by atoms with van der Waals surface area (Å²) >= 11 is 3.43. The highest BCUT2D eigenvalue weighted by Crippen LogP contribution is 2.36. The molecule has 3 N–H and O–H groups in total. The van der Waals surface area contributed by atoms with Crippen molar-refractivity contribution in [3.8, 4) is 11.5 Å². The Labute approximate surface area is 231 Å². The number of ether oxygens (including phenoxy) is 3. The fourth-order valence-corrected chi connectivity index (χ4v) is 3.69. The molecular weight excluding hydrogens is 556 g/mol. The summed E-state index contributed by atoms with van der Waals surface area (Å²) in [7, 11) is 0. The van der Waals surface area contributed by atoms with E-state index in [1.165, 1.54) is 11.8 Å². The zero-order valence-electron chi connectivity index (χ0n) is 22.1. The Bertz CT molecular complexity index is 1110. The first-order chi connectivity index (χ1) is 18.2. The standard InChI is InChI=1S/C27H35BrN4O6/c1-5-19-8-10-21(11-9-19)31-24(33)17-38-25-22(28)14-20(15-23(25)36-6-2)16-30-32-27(35)26(34)29-12-7-13-37-18(3)4/h8-11,14-16,18H,5-7,12-13,17H2,1-4H3,(H,29,34)(H,31,33)(H,32,35)/b30-16-. The topological polar surface area (TPSA) is 127 Å². The fraction of sp³-hybridized carbons (Fsp3) is 0.407. The van der Waals surface area contributed by atoms with Crippen molar-refractivity contribution in [2.24, 2.45) is 5.10 Å². The summed E-state index contributed by atoms with van der Waals surface area (Å²) in [4.78, 5) is 36.2. The van der Waals surface area contributed by atoms with Crippen LogP contribution in [-0.2, 0) is 25.5 Å². The molecular formula is C27H35BrN4O6. The summed E-state index contributed by atoms with van der Waals surface area (Å²) in [5, 5.41) is 9.15. The van der Waals surface area contributed by atoms with Crippen LogP contribution in [0.4, 0.5) is 5.69 Å². The van der Waals surface area contributed by atoms with E-state index in [-0.39, 0.29) is 18.6 Å². The summed E-state index contributed by atoms with van der Waals surface area (Å²) in [6, 6.07) is 10.9. The lowest BCUT2D eigenvalue weighted by Crippen LogP contribution is -2.38. The summed E-state index contributed by atoms with van der Waals surface area (Å²) < 4.78 is 17.3. The molecule has 206 valence electrons. The van der Waals surface area contributed by atoms with Crippen LogP contribution in [0, 0.1) is 0 Å². The molecule has 0 bridgehead atoms. The van der Waals surface area contributed by atoms with Gasteiger partial charge < -0.3 is 24.8 Å². The Hall–Kier alpha value is -3.44. The van der Waals surface area contributed by atoms with Crippen molar-refractivity contribution in [2.45, 2.75) is 46.6 Å². The van der Waals surface area contributed by atoms with Gasteiger partial charge in [0, 0.05) is 18.8 Å². The zero-order valence-corrected chi connectivity index (χ0v) is 23.7. The first-order valence-electron chi connectivity index (χ1n) is 12.4. The van der Waals surface area contributed by atoms with E-state index in [0.717, 1.165) is 6.42 Å². The highest BCUT2D eigenvalue weighted by Gasteiger charge is 2.15. The van der Waals surface area contributed by atoms with Crippen molar-refractivity contribution in [1.29, 1.82) is 0 Å². The molecule has 0 unspecified atom stereocenters. The van der Waals surface area contributed by atoms with Gasteiger partial charge in [0.05, 0.1) is 23.4 Å². The summed E-state index contributed by atoms with van der Waals surface area (Å²) in [5.74, 6) is -1.25. The number of carbonyl (C=O) groups excluding carboxylic acids is 3. The Kier molecular flexibility index (Phi) is 13.3. The van der Waals surface area contributed by atoms with Gasteiger partial charge in [-0.05, 0) is 84.9 Å². The average molecular weight is 592 g/mol. The highest BCUT2D eigenvalue weighted by atomic mass is 79.9. The van der Waals surface area contributed by atoms with Gasteiger partial charge in [-0.15, -0.1) is 0 Å². The molecule has 3 amide bonds. The summed E-state index contributed by atoms with van der Waals surface area (Å²) in [5.41, 5.74) is 4.62. The van der Waals surface area contributed by atoms with Gasteiger partial charge in [-0.25, -0.2) is 5.43 Å². The molecule has 0 aliphatic carbocycles. The maximum absolute atomic E-state index is 12.4. The minimum absolute atomic E-state index is 0.112. The number of hydrogen-bond donors (Lipinski definition) is 3. The van der Waals surface area contributed by atoms with Gasteiger partial charge in [-0.2, -0.15) is 5.10 Å². The van der Waals surface area contributed by atoms with Crippen molar-refractivity contribution in [2.75, 3.05) is 31.7 Å². The molecule has 10 nitrogen and oxygen atoms in total. The van der Waals surface area contributed by atoms with Gasteiger partial charge in [0.2, 0.25) is 0 Å². The Balaban J connectivity index is 1.92. The first-order valence-corrected chi connectivity index (χ1v) is 13.2. The number of rotatable bonds is 14. The van der Waals surface area contributed by atoms with Gasteiger partial charge in [0.15, 0.2) is 18.1 Å². The van der Waals surface area contributed by atoms with E-state index >= 15 is 0 Å². The van der Waals surface area contributed by atoms with Gasteiger partial charge >= 0.3 is 11.8 Å². The second-order valence-electron chi connectivity index (χ2n) is 8.38. The second kappa shape index (κ2) is 16.4. The average Bonchev–Trinajstić information content (AvgIpc) is 2.88. The monoisotopic (exact) mass is 590 g/mol. The lowest BCUT2D eigenvalue weighted by Gasteiger charge is -2.14. The number of amides is 3. The number of carbonyl (C=O) groups is 3. The van der Waals surface area contributed by atoms with Gasteiger partial charge in [-0.3, -0.25) is 14.4 Å². The van der Waals surface area contributed by atoms with Crippen LogP contribution >= 0.6 is 15.9 Å². The number of benzene rings is 2. The van der Waals surface area contributed by atoms with Crippen molar-refractivity contribution in [3.05, 3.63) is 52.0 Å². The quantitative estimate of drug-likeness (QED) is 0.133. The maximum atomic E-state index is 12.4. The number of aryl methyl sites for hydroxylation is 1. The Morgan fingerprint density at radius 3 is 2.45 bits per heavy atom. The number of hydrazone groups is 1. The number of anilines is 1. The van der Waals surface area contributed by atoms with Crippen LogP contribution in [0.3, 0.4) is 0 Å². The van der Waals surface area contributed by atoms with Crippen LogP contribution in [0.1, 0.15) is 45.2 Å². The van der Waals surface area contributed by atoms with Crippen molar-refractivity contribution < 1.29 is 28.6 Å². The molecule has 2 aromatic carbocycles. The molecule has 0 aliphatic rings. The molecule has 0 saturated heterocycles. The molecule has 0 aliphatic heterocycles. The van der Waals surface area contributed by atoms with E-state index in [1.54, 1.807) is 12.1 Å². The smallest absolute Gasteiger partial charge is 0.329 e. The molecule has 0 fully saturated rings. The first kappa shape index (κ1) is 30.8. The molecule has 0 spiro atoms. The second-order valence-corrected chi connectivity index (χ2v) is 9.23. The predicted molar refractivity (Wildman–Crippen MR) is 150 cm³/mol. The third-order valence-corrected chi connectivity index (χ3v) is 5.56. The van der Waals surface area contributed by atoms with E-state index in [0.29, 0.717) is 53.4 Å². The van der Waals surface area contributed by atoms with E-state index in [9.17, 15) is 14.4 Å². The Morgan fingerprint density at radius 2 is 1.79 bits per heavy atom. The van der Waals surface area contributed by atoms with Crippen LogP contribution in [0.15, 0.2) is 46.0 Å². The van der Waals surface area contributed by atoms with Gasteiger partial charge in [-0.1, -0.05) is 19.1 Å². The highest BCUT2D eigenvalue weighted by molar-refractivity contribution is 9.10. The van der Waals surface area contributed by atoms with Crippen LogP contribution in [0.25, 0.3) is 0 Å². The van der Waals surface area contributed by atoms with E-state index < -0.39 is 11.8 Å². The molecule has 0 aromatic heterocycles. The maximum Gasteiger partial charge on any atom is 0.329 e. The Morgan fingerprint density at radius 1 is 1.05 bits per heavy atom. The van der Waals surface area contributed by atoms with Crippen molar-refractivity contribution in [3.63, 3.8) is 0 Å². The molecule has 38 heavy (non-hydrogen) atoms. The minimum Gasteiger partial charge on any atom is -0.490 e. The molecule has 2 aromatic rings. The summed E-state index contributed by atoms with van der Waals surface area (Å²) in [6.45, 7) is 8.67. The minimum atomic E-state index is -0.884. The van der Waals surface area contributed by atoms with Crippen LogP contribution in [0.5, 0.6) is 11.5 Å². The van der Waals surface area contributed by atoms with Crippen molar-refractivity contribution in [1.82, 2.24) is 10.7 Å². The molecule has 0 saturated carbocycles. The normalized spacial score (nSPS) is 10.9. The van der Waals surface area contributed by atoms with Gasteiger partial charge in [0.1, 0.15) is 0 Å². The van der Waals surface area contributed by atoms with E-state index in [2.05, 4.69) is 44.0 Å². The largest absolute Gasteiger partial charge is 0.490 e. The van der Waals surface area contributed by atoms with E-state index in [1.807, 2.05) is 45.0 Å². The fourth-order valence-electron chi connectivity index (χ4n) is 3.11. The molecule has 11 heteroatoms. The zero-order chi connectivity index (χ0) is 27.9. The number of hydrogen-bond acceptors (Lipinski definition) is 7. The molecule has 0 radical (unpaired) electrons. The van der Waals surface area contributed by atoms with Crippen molar-refractivity contribution >= 4 is 45.6 Å². The third-order valence-electron chi connectivity index (χ3n) is 4.97. The molecule has 0 heterocycles. The number of nitrogens with zero attached hydrogens (tertiary/aromatic N) is 1. The number of halogens is 1. The van der Waals surface area contributed by atoms with Gasteiger partial charge in [0.25, 0.3) is 5.91 Å². The number of nitrogens with one attached hydrogen (secondary N) is 3. The van der Waals surface area contributed by atoms with E-state index in [4.69, 9.17) is 14.2 Å². The SMILES string of the molecule is CCOc1cc(/C=N\NC(=O)C(=O)NCCCOC(C)C)cc(Br)c1OCC(=O)Nc1ccc(CC)cc1.